The summed E-state index contributed by atoms with van der Waals surface area (Å²) in [6.45, 7) is 3.94. The Bertz CT molecular complexity index is 620. The van der Waals surface area contributed by atoms with E-state index in [1.807, 2.05) is 26.0 Å². The molecule has 0 spiro atoms. The van der Waals surface area contributed by atoms with Crippen LogP contribution in [-0.2, 0) is 0 Å². The molecule has 0 amide bonds. The van der Waals surface area contributed by atoms with Gasteiger partial charge in [-0.3, -0.25) is 4.79 Å². The molecular weight excluding hydrogens is 295 g/mol. The first kappa shape index (κ1) is 13.0. The van der Waals surface area contributed by atoms with Gasteiger partial charge in [-0.05, 0) is 49.2 Å². The summed E-state index contributed by atoms with van der Waals surface area (Å²) in [7, 11) is 0. The van der Waals surface area contributed by atoms with E-state index >= 15 is 0 Å². The average molecular weight is 307 g/mol. The Balaban J connectivity index is 2.47. The lowest BCUT2D eigenvalue weighted by molar-refractivity contribution is 0.103. The van der Waals surface area contributed by atoms with Gasteiger partial charge in [-0.25, -0.2) is 4.39 Å². The fraction of sp³-hybridized carbons (Fsp3) is 0.133. The highest BCUT2D eigenvalue weighted by atomic mass is 79.9. The lowest BCUT2D eigenvalue weighted by Crippen LogP contribution is -2.03. The van der Waals surface area contributed by atoms with Gasteiger partial charge in [-0.2, -0.15) is 0 Å². The van der Waals surface area contributed by atoms with Crippen LogP contribution in [0.4, 0.5) is 4.39 Å². The Morgan fingerprint density at radius 1 is 1.06 bits per heavy atom. The van der Waals surface area contributed by atoms with Crippen LogP contribution in [0.2, 0.25) is 0 Å². The van der Waals surface area contributed by atoms with Crippen LogP contribution in [0.3, 0.4) is 0 Å². The number of ketones is 1. The van der Waals surface area contributed by atoms with Crippen LogP contribution < -0.4 is 0 Å². The van der Waals surface area contributed by atoms with Gasteiger partial charge in [0.15, 0.2) is 5.78 Å². The Hall–Kier alpha value is -1.48. The zero-order valence-electron chi connectivity index (χ0n) is 10.1. The van der Waals surface area contributed by atoms with Gasteiger partial charge < -0.3 is 0 Å². The molecule has 0 aliphatic heterocycles. The van der Waals surface area contributed by atoms with Crippen molar-refractivity contribution in [2.45, 2.75) is 13.8 Å². The van der Waals surface area contributed by atoms with E-state index in [1.165, 1.54) is 12.1 Å². The van der Waals surface area contributed by atoms with Gasteiger partial charge in [-0.1, -0.05) is 28.1 Å². The molecule has 0 aliphatic rings. The molecule has 0 aliphatic carbocycles. The van der Waals surface area contributed by atoms with Crippen molar-refractivity contribution >= 4 is 21.7 Å². The van der Waals surface area contributed by atoms with Crippen LogP contribution in [-0.4, -0.2) is 5.78 Å². The zero-order chi connectivity index (χ0) is 13.3. The smallest absolute Gasteiger partial charge is 0.194 e. The second-order valence-corrected chi connectivity index (χ2v) is 5.11. The molecule has 2 aromatic carbocycles. The quantitative estimate of drug-likeness (QED) is 0.750. The molecule has 0 saturated carbocycles. The molecular formula is C15H12BrFO. The highest BCUT2D eigenvalue weighted by Crippen LogP contribution is 2.22. The highest BCUT2D eigenvalue weighted by Gasteiger charge is 2.14. The van der Waals surface area contributed by atoms with Crippen molar-refractivity contribution in [3.05, 3.63) is 68.9 Å². The number of hydrogen-bond acceptors (Lipinski definition) is 1. The zero-order valence-corrected chi connectivity index (χ0v) is 11.7. The topological polar surface area (TPSA) is 17.1 Å². The molecule has 0 aromatic heterocycles. The van der Waals surface area contributed by atoms with Crippen molar-refractivity contribution < 1.29 is 9.18 Å². The Labute approximate surface area is 114 Å². The second kappa shape index (κ2) is 5.02. The Morgan fingerprint density at radius 3 is 2.44 bits per heavy atom. The van der Waals surface area contributed by atoms with Crippen LogP contribution in [0.1, 0.15) is 27.0 Å². The summed E-state index contributed by atoms with van der Waals surface area (Å²) >= 11 is 3.27. The summed E-state index contributed by atoms with van der Waals surface area (Å²) < 4.78 is 13.8. The number of halogens is 2. The van der Waals surface area contributed by atoms with Gasteiger partial charge in [0.2, 0.25) is 0 Å². The molecule has 0 N–H and O–H groups in total. The first-order valence-electron chi connectivity index (χ1n) is 5.56. The van der Waals surface area contributed by atoms with E-state index in [9.17, 15) is 9.18 Å². The molecule has 0 fully saturated rings. The third kappa shape index (κ3) is 2.51. The molecule has 0 bridgehead atoms. The predicted octanol–water partition coefficient (Wildman–Crippen LogP) is 4.44. The first-order valence-corrected chi connectivity index (χ1v) is 6.35. The van der Waals surface area contributed by atoms with Gasteiger partial charge in [0.05, 0.1) is 0 Å². The monoisotopic (exact) mass is 306 g/mol. The van der Waals surface area contributed by atoms with Crippen molar-refractivity contribution in [2.24, 2.45) is 0 Å². The van der Waals surface area contributed by atoms with Crippen molar-refractivity contribution in [1.82, 2.24) is 0 Å². The standard InChI is InChI=1S/C15H12BrFO/c1-9-3-4-11(7-10(9)2)15(18)13-8-12(17)5-6-14(13)16/h3-8H,1-2H3. The normalized spacial score (nSPS) is 10.4. The summed E-state index contributed by atoms with van der Waals surface area (Å²) in [5.74, 6) is -0.588. The largest absolute Gasteiger partial charge is 0.289 e. The fourth-order valence-electron chi connectivity index (χ4n) is 1.71. The molecule has 0 radical (unpaired) electrons. The van der Waals surface area contributed by atoms with Crippen molar-refractivity contribution in [3.8, 4) is 0 Å². The Morgan fingerprint density at radius 2 is 1.78 bits per heavy atom. The van der Waals surface area contributed by atoms with Crippen LogP contribution in [0.25, 0.3) is 0 Å². The summed E-state index contributed by atoms with van der Waals surface area (Å²) in [6.07, 6.45) is 0. The third-order valence-corrected chi connectivity index (χ3v) is 3.63. The van der Waals surface area contributed by atoms with Crippen LogP contribution >= 0.6 is 15.9 Å². The minimum absolute atomic E-state index is 0.176. The maximum atomic E-state index is 13.2. The average Bonchev–Trinajstić information content (AvgIpc) is 2.35. The van der Waals surface area contributed by atoms with Crippen LogP contribution in [0, 0.1) is 19.7 Å². The van der Waals surface area contributed by atoms with E-state index in [1.54, 1.807) is 12.1 Å². The van der Waals surface area contributed by atoms with Gasteiger partial charge in [-0.15, -0.1) is 0 Å². The van der Waals surface area contributed by atoms with E-state index in [4.69, 9.17) is 0 Å². The van der Waals surface area contributed by atoms with Crippen molar-refractivity contribution in [2.75, 3.05) is 0 Å². The molecule has 0 saturated heterocycles. The number of rotatable bonds is 2. The van der Waals surface area contributed by atoms with Crippen LogP contribution in [0.5, 0.6) is 0 Å². The van der Waals surface area contributed by atoms with Gasteiger partial charge >= 0.3 is 0 Å². The predicted molar refractivity (Wildman–Crippen MR) is 73.4 cm³/mol. The fourth-order valence-corrected chi connectivity index (χ4v) is 2.14. The summed E-state index contributed by atoms with van der Waals surface area (Å²) in [6, 6.07) is 9.61. The molecule has 2 aromatic rings. The SMILES string of the molecule is Cc1ccc(C(=O)c2cc(F)ccc2Br)cc1C. The summed E-state index contributed by atoms with van der Waals surface area (Å²) in [5, 5.41) is 0. The van der Waals surface area contributed by atoms with Gasteiger partial charge in [0.1, 0.15) is 5.82 Å². The minimum Gasteiger partial charge on any atom is -0.289 e. The Kier molecular flexibility index (Phi) is 3.62. The molecule has 0 atom stereocenters. The lowest BCUT2D eigenvalue weighted by Gasteiger charge is -2.06. The minimum atomic E-state index is -0.412. The van der Waals surface area contributed by atoms with E-state index in [-0.39, 0.29) is 5.78 Å². The number of aryl methyl sites for hydroxylation is 2. The van der Waals surface area contributed by atoms with Crippen molar-refractivity contribution in [1.29, 1.82) is 0 Å². The summed E-state index contributed by atoms with van der Waals surface area (Å²) in [5.41, 5.74) is 3.10. The number of carbonyl (C=O) groups excluding carboxylic acids is 1. The lowest BCUT2D eigenvalue weighted by atomic mass is 9.99. The van der Waals surface area contributed by atoms with E-state index < -0.39 is 5.82 Å². The van der Waals surface area contributed by atoms with E-state index in [0.29, 0.717) is 15.6 Å². The molecule has 3 heteroatoms. The first-order chi connectivity index (χ1) is 8.49. The second-order valence-electron chi connectivity index (χ2n) is 4.25. The number of benzene rings is 2. The molecule has 2 rings (SSSR count). The third-order valence-electron chi connectivity index (χ3n) is 2.94. The molecule has 1 nitrogen and oxygen atoms in total. The maximum absolute atomic E-state index is 13.2. The van der Waals surface area contributed by atoms with E-state index in [0.717, 1.165) is 11.1 Å². The van der Waals surface area contributed by atoms with Gasteiger partial charge in [0.25, 0.3) is 0 Å². The van der Waals surface area contributed by atoms with Crippen molar-refractivity contribution in [3.63, 3.8) is 0 Å². The number of hydrogen-bond donors (Lipinski definition) is 0. The molecule has 0 unspecified atom stereocenters. The van der Waals surface area contributed by atoms with E-state index in [2.05, 4.69) is 15.9 Å². The maximum Gasteiger partial charge on any atom is 0.194 e. The molecule has 0 heterocycles. The summed E-state index contributed by atoms with van der Waals surface area (Å²) in [4.78, 5) is 12.3. The molecule has 92 valence electrons. The number of carbonyl (C=O) groups is 1. The highest BCUT2D eigenvalue weighted by molar-refractivity contribution is 9.10. The molecule has 18 heavy (non-hydrogen) atoms. The van der Waals surface area contributed by atoms with Gasteiger partial charge in [0, 0.05) is 15.6 Å². The van der Waals surface area contributed by atoms with Crippen LogP contribution in [0.15, 0.2) is 40.9 Å².